The molecule has 2 aromatic rings. The molecule has 6 heteroatoms. The molecule has 2 amide bonds. The van der Waals surface area contributed by atoms with Crippen LogP contribution in [0.3, 0.4) is 0 Å². The molecule has 0 aliphatic carbocycles. The average Bonchev–Trinajstić information content (AvgIpc) is 2.58. The quantitative estimate of drug-likeness (QED) is 0.739. The molecule has 0 heterocycles. The van der Waals surface area contributed by atoms with Crippen molar-refractivity contribution in [2.24, 2.45) is 5.73 Å². The van der Waals surface area contributed by atoms with Gasteiger partial charge in [-0.2, -0.15) is 0 Å². The van der Waals surface area contributed by atoms with Gasteiger partial charge in [0.05, 0.1) is 5.92 Å². The zero-order valence-corrected chi connectivity index (χ0v) is 15.2. The molecule has 0 saturated heterocycles. The lowest BCUT2D eigenvalue weighted by molar-refractivity contribution is -0.117. The molecule has 1 unspecified atom stereocenters. The second-order valence-electron chi connectivity index (χ2n) is 5.58. The van der Waals surface area contributed by atoms with Gasteiger partial charge in [0, 0.05) is 24.3 Å². The largest absolute Gasteiger partial charge is 0.352 e. The molecule has 0 aliphatic rings. The number of aryl methyl sites for hydroxylation is 1. The number of carbonyl (C=O) groups is 2. The number of nitrogens with one attached hydrogen (secondary N) is 2. The molecule has 0 fully saturated rings. The maximum Gasteiger partial charge on any atom is 0.251 e. The van der Waals surface area contributed by atoms with E-state index in [1.54, 1.807) is 12.1 Å². The minimum absolute atomic E-state index is 0. The van der Waals surface area contributed by atoms with Crippen LogP contribution in [0.25, 0.3) is 0 Å². The highest BCUT2D eigenvalue weighted by molar-refractivity contribution is 5.99. The molecule has 4 N–H and O–H groups in total. The Balaban J connectivity index is 0.00000312. The molecule has 0 saturated carbocycles. The Labute approximate surface area is 154 Å². The summed E-state index contributed by atoms with van der Waals surface area (Å²) in [5.74, 6) is -0.773. The van der Waals surface area contributed by atoms with Crippen LogP contribution in [0.4, 0.5) is 5.69 Å². The number of nitrogens with two attached hydrogens (primary N) is 1. The Hall–Kier alpha value is -2.37. The molecule has 2 aromatic carbocycles. The molecule has 0 aromatic heterocycles. The van der Waals surface area contributed by atoms with E-state index in [9.17, 15) is 9.59 Å². The van der Waals surface area contributed by atoms with E-state index < -0.39 is 5.92 Å². The van der Waals surface area contributed by atoms with Crippen LogP contribution in [0.1, 0.15) is 34.3 Å². The summed E-state index contributed by atoms with van der Waals surface area (Å²) in [7, 11) is 0. The molecule has 0 radical (unpaired) electrons. The van der Waals surface area contributed by atoms with Crippen molar-refractivity contribution in [1.29, 1.82) is 0 Å². The Morgan fingerprint density at radius 1 is 1.12 bits per heavy atom. The fourth-order valence-corrected chi connectivity index (χ4v) is 2.46. The topological polar surface area (TPSA) is 84.2 Å². The van der Waals surface area contributed by atoms with Crippen LogP contribution in [0.5, 0.6) is 0 Å². The average molecular weight is 362 g/mol. The molecule has 134 valence electrons. The lowest BCUT2D eigenvalue weighted by Gasteiger charge is -2.17. The standard InChI is InChI=1S/C19H23N3O2.ClH/c1-3-21-18(23)15-10-9-13(2)17(11-15)22-19(24)16(12-20)14-7-5-4-6-8-14;/h4-11,16H,3,12,20H2,1-2H3,(H,21,23)(H,22,24);1H. The first kappa shape index (κ1) is 20.7. The predicted octanol–water partition coefficient (Wildman–Crippen LogP) is 2.85. The third kappa shape index (κ3) is 5.31. The Morgan fingerprint density at radius 2 is 1.80 bits per heavy atom. The number of benzene rings is 2. The summed E-state index contributed by atoms with van der Waals surface area (Å²) in [6.07, 6.45) is 0. The Morgan fingerprint density at radius 3 is 2.40 bits per heavy atom. The lowest BCUT2D eigenvalue weighted by atomic mass is 9.98. The Kier molecular flexibility index (Phi) is 8.11. The van der Waals surface area contributed by atoms with Crippen molar-refractivity contribution >= 4 is 29.9 Å². The van der Waals surface area contributed by atoms with Gasteiger partial charge in [0.2, 0.25) is 5.91 Å². The van der Waals surface area contributed by atoms with Crippen LogP contribution in [0.15, 0.2) is 48.5 Å². The van der Waals surface area contributed by atoms with Gasteiger partial charge in [-0.25, -0.2) is 0 Å². The second kappa shape index (κ2) is 9.81. The smallest absolute Gasteiger partial charge is 0.251 e. The van der Waals surface area contributed by atoms with Gasteiger partial charge in [-0.15, -0.1) is 12.4 Å². The first-order valence-corrected chi connectivity index (χ1v) is 8.01. The molecule has 0 aliphatic heterocycles. The van der Waals surface area contributed by atoms with Gasteiger partial charge in [0.15, 0.2) is 0 Å². The van der Waals surface area contributed by atoms with Crippen molar-refractivity contribution in [3.63, 3.8) is 0 Å². The molecule has 2 rings (SSSR count). The number of carbonyl (C=O) groups excluding carboxylic acids is 2. The third-order valence-electron chi connectivity index (χ3n) is 3.85. The molecule has 25 heavy (non-hydrogen) atoms. The van der Waals surface area contributed by atoms with E-state index in [4.69, 9.17) is 5.73 Å². The number of amides is 2. The van der Waals surface area contributed by atoms with Gasteiger partial charge < -0.3 is 16.4 Å². The van der Waals surface area contributed by atoms with Crippen molar-refractivity contribution in [2.45, 2.75) is 19.8 Å². The van der Waals surface area contributed by atoms with Gasteiger partial charge in [-0.05, 0) is 37.1 Å². The van der Waals surface area contributed by atoms with Crippen molar-refractivity contribution in [1.82, 2.24) is 5.32 Å². The van der Waals surface area contributed by atoms with Crippen molar-refractivity contribution < 1.29 is 9.59 Å². The highest BCUT2D eigenvalue weighted by Crippen LogP contribution is 2.21. The van der Waals surface area contributed by atoms with Crippen LogP contribution in [-0.2, 0) is 4.79 Å². The maximum atomic E-state index is 12.6. The number of hydrogen-bond acceptors (Lipinski definition) is 3. The number of halogens is 1. The van der Waals surface area contributed by atoms with E-state index in [2.05, 4.69) is 10.6 Å². The first-order chi connectivity index (χ1) is 11.6. The number of hydrogen-bond donors (Lipinski definition) is 3. The highest BCUT2D eigenvalue weighted by atomic mass is 35.5. The van der Waals surface area contributed by atoms with Crippen LogP contribution in [0, 0.1) is 6.92 Å². The van der Waals surface area contributed by atoms with Crippen molar-refractivity contribution in [2.75, 3.05) is 18.4 Å². The Bertz CT molecular complexity index is 720. The van der Waals surface area contributed by atoms with E-state index in [-0.39, 0.29) is 30.8 Å². The zero-order valence-electron chi connectivity index (χ0n) is 14.4. The van der Waals surface area contributed by atoms with E-state index in [0.29, 0.717) is 17.8 Å². The predicted molar refractivity (Wildman–Crippen MR) is 103 cm³/mol. The van der Waals surface area contributed by atoms with E-state index in [1.165, 1.54) is 0 Å². The van der Waals surface area contributed by atoms with Crippen LogP contribution in [0.2, 0.25) is 0 Å². The number of rotatable bonds is 6. The first-order valence-electron chi connectivity index (χ1n) is 8.01. The SMILES string of the molecule is CCNC(=O)c1ccc(C)c(NC(=O)C(CN)c2ccccc2)c1.Cl. The van der Waals surface area contributed by atoms with E-state index in [0.717, 1.165) is 11.1 Å². The highest BCUT2D eigenvalue weighted by Gasteiger charge is 2.20. The molecule has 1 atom stereocenters. The summed E-state index contributed by atoms with van der Waals surface area (Å²) in [6.45, 7) is 4.51. The summed E-state index contributed by atoms with van der Waals surface area (Å²) in [5.41, 5.74) is 8.69. The summed E-state index contributed by atoms with van der Waals surface area (Å²) in [5, 5.41) is 5.65. The summed E-state index contributed by atoms with van der Waals surface area (Å²) >= 11 is 0. The normalized spacial score (nSPS) is 11.2. The minimum atomic E-state index is -0.432. The maximum absolute atomic E-state index is 12.6. The van der Waals surface area contributed by atoms with Gasteiger partial charge in [0.1, 0.15) is 0 Å². The van der Waals surface area contributed by atoms with Crippen LogP contribution in [-0.4, -0.2) is 24.9 Å². The van der Waals surface area contributed by atoms with E-state index in [1.807, 2.05) is 50.2 Å². The summed E-state index contributed by atoms with van der Waals surface area (Å²) in [4.78, 5) is 24.6. The fourth-order valence-electron chi connectivity index (χ4n) is 2.46. The fraction of sp³-hybridized carbons (Fsp3) is 0.263. The minimum Gasteiger partial charge on any atom is -0.352 e. The lowest BCUT2D eigenvalue weighted by Crippen LogP contribution is -2.28. The van der Waals surface area contributed by atoms with Crippen LogP contribution < -0.4 is 16.4 Å². The summed E-state index contributed by atoms with van der Waals surface area (Å²) < 4.78 is 0. The van der Waals surface area contributed by atoms with Gasteiger partial charge in [0.25, 0.3) is 5.91 Å². The number of anilines is 1. The van der Waals surface area contributed by atoms with Crippen molar-refractivity contribution in [3.8, 4) is 0 Å². The zero-order chi connectivity index (χ0) is 17.5. The molecule has 0 spiro atoms. The molecular formula is C19H24ClN3O2. The van der Waals surface area contributed by atoms with E-state index >= 15 is 0 Å². The summed E-state index contributed by atoms with van der Waals surface area (Å²) in [6, 6.07) is 14.7. The second-order valence-corrected chi connectivity index (χ2v) is 5.58. The monoisotopic (exact) mass is 361 g/mol. The molecule has 0 bridgehead atoms. The van der Waals surface area contributed by atoms with Gasteiger partial charge >= 0.3 is 0 Å². The van der Waals surface area contributed by atoms with Gasteiger partial charge in [-0.1, -0.05) is 36.4 Å². The van der Waals surface area contributed by atoms with Gasteiger partial charge in [-0.3, -0.25) is 9.59 Å². The molecule has 5 nitrogen and oxygen atoms in total. The molecular weight excluding hydrogens is 338 g/mol. The van der Waals surface area contributed by atoms with Crippen LogP contribution >= 0.6 is 12.4 Å². The third-order valence-corrected chi connectivity index (χ3v) is 3.85. The van der Waals surface area contributed by atoms with Crippen molar-refractivity contribution in [3.05, 3.63) is 65.2 Å².